The fraction of sp³-hybridized carbons (Fsp3) is 0.588. The van der Waals surface area contributed by atoms with Crippen molar-refractivity contribution < 1.29 is 4.79 Å². The van der Waals surface area contributed by atoms with E-state index in [4.69, 9.17) is 0 Å². The van der Waals surface area contributed by atoms with Crippen molar-refractivity contribution >= 4 is 5.78 Å². The number of nitrogens with zero attached hydrogens (tertiary/aromatic N) is 2. The summed E-state index contributed by atoms with van der Waals surface area (Å²) in [5.74, 6) is 0.447. The standard InChI is InChI=1S/C17H24N2O/c20-17-8-12-19(13-9-17)16-6-10-18(11-7-16)14-15-4-2-1-3-5-15/h1-5,16H,6-14H2. The molecule has 3 heteroatoms. The summed E-state index contributed by atoms with van der Waals surface area (Å²) >= 11 is 0. The average molecular weight is 272 g/mol. The van der Waals surface area contributed by atoms with Crippen molar-refractivity contribution in [3.8, 4) is 0 Å². The minimum absolute atomic E-state index is 0.447. The van der Waals surface area contributed by atoms with Crippen LogP contribution in [0.15, 0.2) is 30.3 Å². The lowest BCUT2D eigenvalue weighted by molar-refractivity contribution is -0.122. The summed E-state index contributed by atoms with van der Waals surface area (Å²) in [6.45, 7) is 5.42. The van der Waals surface area contributed by atoms with Gasteiger partial charge in [0.15, 0.2) is 0 Å². The normalized spacial score (nSPS) is 23.1. The molecule has 2 aliphatic heterocycles. The largest absolute Gasteiger partial charge is 0.300 e. The third kappa shape index (κ3) is 3.47. The molecule has 2 fully saturated rings. The number of carbonyl (C=O) groups is 1. The van der Waals surface area contributed by atoms with E-state index in [1.165, 1.54) is 31.5 Å². The summed E-state index contributed by atoms with van der Waals surface area (Å²) in [5.41, 5.74) is 1.41. The molecule has 1 aromatic carbocycles. The number of benzene rings is 1. The van der Waals surface area contributed by atoms with E-state index in [1.54, 1.807) is 0 Å². The second-order valence-electron chi connectivity index (χ2n) is 6.07. The fourth-order valence-electron chi connectivity index (χ4n) is 3.42. The molecule has 0 saturated carbocycles. The van der Waals surface area contributed by atoms with Gasteiger partial charge in [-0.2, -0.15) is 0 Å². The van der Waals surface area contributed by atoms with Gasteiger partial charge in [0.05, 0.1) is 0 Å². The van der Waals surface area contributed by atoms with E-state index in [1.807, 2.05) is 0 Å². The second-order valence-corrected chi connectivity index (χ2v) is 6.07. The first-order valence-corrected chi connectivity index (χ1v) is 7.83. The van der Waals surface area contributed by atoms with Gasteiger partial charge in [-0.3, -0.25) is 14.6 Å². The zero-order valence-electron chi connectivity index (χ0n) is 12.1. The highest BCUT2D eigenvalue weighted by Crippen LogP contribution is 2.21. The summed E-state index contributed by atoms with van der Waals surface area (Å²) in [4.78, 5) is 16.4. The van der Waals surface area contributed by atoms with Crippen molar-refractivity contribution in [3.63, 3.8) is 0 Å². The molecule has 3 nitrogen and oxygen atoms in total. The number of hydrogen-bond acceptors (Lipinski definition) is 3. The first kappa shape index (κ1) is 13.8. The highest BCUT2D eigenvalue weighted by molar-refractivity contribution is 5.79. The number of rotatable bonds is 3. The van der Waals surface area contributed by atoms with Gasteiger partial charge in [-0.15, -0.1) is 0 Å². The van der Waals surface area contributed by atoms with Crippen LogP contribution in [0.25, 0.3) is 0 Å². The Hall–Kier alpha value is -1.19. The van der Waals surface area contributed by atoms with E-state index in [0.717, 1.165) is 32.5 Å². The average Bonchev–Trinajstić information content (AvgIpc) is 2.50. The molecule has 1 aromatic rings. The van der Waals surface area contributed by atoms with Crippen LogP contribution in [0.2, 0.25) is 0 Å². The number of carbonyl (C=O) groups excluding carboxylic acids is 1. The molecule has 2 aliphatic rings. The van der Waals surface area contributed by atoms with Crippen molar-refractivity contribution in [2.45, 2.75) is 38.3 Å². The quantitative estimate of drug-likeness (QED) is 0.843. The van der Waals surface area contributed by atoms with E-state index < -0.39 is 0 Å². The van der Waals surface area contributed by atoms with Crippen LogP contribution in [0.1, 0.15) is 31.2 Å². The minimum Gasteiger partial charge on any atom is -0.300 e. The lowest BCUT2D eigenvalue weighted by atomic mass is 9.99. The first-order valence-electron chi connectivity index (χ1n) is 7.83. The van der Waals surface area contributed by atoms with Gasteiger partial charge >= 0.3 is 0 Å². The predicted molar refractivity (Wildman–Crippen MR) is 80.6 cm³/mol. The Kier molecular flexibility index (Phi) is 4.48. The Bertz CT molecular complexity index is 428. The third-order valence-electron chi connectivity index (χ3n) is 4.68. The van der Waals surface area contributed by atoms with Gasteiger partial charge in [-0.25, -0.2) is 0 Å². The zero-order chi connectivity index (χ0) is 13.8. The SMILES string of the molecule is O=C1CCN(C2CCN(Cc3ccccc3)CC2)CC1. The summed E-state index contributed by atoms with van der Waals surface area (Å²) in [5, 5.41) is 0. The maximum Gasteiger partial charge on any atom is 0.135 e. The molecule has 0 amide bonds. The van der Waals surface area contributed by atoms with Crippen LogP contribution in [-0.2, 0) is 11.3 Å². The molecule has 0 unspecified atom stereocenters. The van der Waals surface area contributed by atoms with E-state index in [0.29, 0.717) is 11.8 Å². The zero-order valence-corrected chi connectivity index (χ0v) is 12.1. The molecular formula is C17H24N2O. The van der Waals surface area contributed by atoms with Crippen LogP contribution in [0.4, 0.5) is 0 Å². The first-order chi connectivity index (χ1) is 9.81. The Morgan fingerprint density at radius 1 is 0.950 bits per heavy atom. The van der Waals surface area contributed by atoms with Crippen molar-refractivity contribution in [1.82, 2.24) is 9.80 Å². The van der Waals surface area contributed by atoms with E-state index >= 15 is 0 Å². The molecule has 0 bridgehead atoms. The summed E-state index contributed by atoms with van der Waals surface area (Å²) < 4.78 is 0. The molecule has 108 valence electrons. The number of piperidine rings is 2. The maximum absolute atomic E-state index is 11.3. The molecule has 3 rings (SSSR count). The molecule has 0 N–H and O–H groups in total. The van der Waals surface area contributed by atoms with E-state index in [-0.39, 0.29) is 0 Å². The van der Waals surface area contributed by atoms with Gasteiger partial charge in [0, 0.05) is 38.5 Å². The van der Waals surface area contributed by atoms with Gasteiger partial charge in [0.25, 0.3) is 0 Å². The van der Waals surface area contributed by atoms with Crippen LogP contribution < -0.4 is 0 Å². The number of Topliss-reactive ketones (excluding diaryl/α,β-unsaturated/α-hetero) is 1. The van der Waals surface area contributed by atoms with Gasteiger partial charge in [-0.1, -0.05) is 30.3 Å². The Labute approximate surface area is 121 Å². The van der Waals surface area contributed by atoms with Crippen LogP contribution in [0.3, 0.4) is 0 Å². The summed E-state index contributed by atoms with van der Waals surface area (Å²) in [6.07, 6.45) is 4.04. The lowest BCUT2D eigenvalue weighted by Crippen LogP contribution is -2.47. The molecule has 2 saturated heterocycles. The fourth-order valence-corrected chi connectivity index (χ4v) is 3.42. The van der Waals surface area contributed by atoms with Crippen LogP contribution in [-0.4, -0.2) is 47.8 Å². The van der Waals surface area contributed by atoms with Crippen molar-refractivity contribution in [2.24, 2.45) is 0 Å². The van der Waals surface area contributed by atoms with E-state index in [9.17, 15) is 4.79 Å². The molecule has 2 heterocycles. The van der Waals surface area contributed by atoms with E-state index in [2.05, 4.69) is 40.1 Å². The van der Waals surface area contributed by atoms with Crippen LogP contribution >= 0.6 is 0 Å². The lowest BCUT2D eigenvalue weighted by Gasteiger charge is -2.40. The molecule has 0 radical (unpaired) electrons. The maximum atomic E-state index is 11.3. The smallest absolute Gasteiger partial charge is 0.135 e. The molecule has 0 atom stereocenters. The topological polar surface area (TPSA) is 23.6 Å². The summed E-state index contributed by atoms with van der Waals surface area (Å²) in [7, 11) is 0. The Morgan fingerprint density at radius 3 is 2.25 bits per heavy atom. The predicted octanol–water partition coefficient (Wildman–Crippen LogP) is 2.32. The molecule has 0 spiro atoms. The highest BCUT2D eigenvalue weighted by atomic mass is 16.1. The molecule has 0 aromatic heterocycles. The molecule has 0 aliphatic carbocycles. The van der Waals surface area contributed by atoms with Crippen LogP contribution in [0, 0.1) is 0 Å². The Balaban J connectivity index is 1.46. The van der Waals surface area contributed by atoms with Crippen LogP contribution in [0.5, 0.6) is 0 Å². The summed E-state index contributed by atoms with van der Waals surface area (Å²) in [6, 6.07) is 11.4. The van der Waals surface area contributed by atoms with Gasteiger partial charge < -0.3 is 0 Å². The Morgan fingerprint density at radius 2 is 1.60 bits per heavy atom. The van der Waals surface area contributed by atoms with Crippen molar-refractivity contribution in [1.29, 1.82) is 0 Å². The highest BCUT2D eigenvalue weighted by Gasteiger charge is 2.27. The second kappa shape index (κ2) is 6.51. The molecular weight excluding hydrogens is 248 g/mol. The van der Waals surface area contributed by atoms with Gasteiger partial charge in [0.2, 0.25) is 0 Å². The number of likely N-dealkylation sites (tertiary alicyclic amines) is 2. The monoisotopic (exact) mass is 272 g/mol. The minimum atomic E-state index is 0.447. The van der Waals surface area contributed by atoms with Gasteiger partial charge in [-0.05, 0) is 31.5 Å². The van der Waals surface area contributed by atoms with Gasteiger partial charge in [0.1, 0.15) is 5.78 Å². The van der Waals surface area contributed by atoms with Crippen molar-refractivity contribution in [2.75, 3.05) is 26.2 Å². The number of hydrogen-bond donors (Lipinski definition) is 0. The van der Waals surface area contributed by atoms with Crippen molar-refractivity contribution in [3.05, 3.63) is 35.9 Å². The number of ketones is 1. The molecule has 20 heavy (non-hydrogen) atoms. The third-order valence-corrected chi connectivity index (χ3v) is 4.68.